The van der Waals surface area contributed by atoms with E-state index in [9.17, 15) is 9.59 Å². The van der Waals surface area contributed by atoms with Gasteiger partial charge in [0.1, 0.15) is 0 Å². The van der Waals surface area contributed by atoms with Crippen LogP contribution in [0.3, 0.4) is 0 Å². The van der Waals surface area contributed by atoms with E-state index in [2.05, 4.69) is 13.2 Å². The maximum Gasteiger partial charge on any atom is 0.333 e. The number of hydrogen-bond donors (Lipinski definition) is 0. The highest BCUT2D eigenvalue weighted by atomic mass is 32.2. The zero-order chi connectivity index (χ0) is 41.6. The van der Waals surface area contributed by atoms with E-state index in [0.29, 0.717) is 0 Å². The van der Waals surface area contributed by atoms with Gasteiger partial charge in [0, 0.05) is 77.2 Å². The molecule has 0 saturated carbocycles. The molecular formula is C40H66O14S. The highest BCUT2D eigenvalue weighted by Gasteiger charge is 2.81. The Morgan fingerprint density at radius 1 is 0.473 bits per heavy atom. The molecule has 0 saturated heterocycles. The van der Waals surface area contributed by atoms with Gasteiger partial charge in [0.25, 0.3) is 23.1 Å². The molecule has 55 heavy (non-hydrogen) atoms. The third kappa shape index (κ3) is 8.97. The zero-order valence-corrected chi connectivity index (χ0v) is 35.9. The molecule has 0 heterocycles. The van der Waals surface area contributed by atoms with Crippen molar-refractivity contribution in [1.29, 1.82) is 0 Å². The van der Waals surface area contributed by atoms with Gasteiger partial charge in [-0.2, -0.15) is 0 Å². The van der Waals surface area contributed by atoms with Crippen molar-refractivity contribution in [1.82, 2.24) is 0 Å². The van der Waals surface area contributed by atoms with Crippen LogP contribution >= 0.6 is 11.8 Å². The number of hydrogen-bond acceptors (Lipinski definition) is 15. The minimum atomic E-state index is -2.06. The van der Waals surface area contributed by atoms with E-state index in [-0.39, 0.29) is 77.2 Å². The zero-order valence-electron chi connectivity index (χ0n) is 35.1. The van der Waals surface area contributed by atoms with E-state index in [1.807, 2.05) is 13.8 Å². The predicted molar refractivity (Wildman–Crippen MR) is 208 cm³/mol. The lowest BCUT2D eigenvalue weighted by Gasteiger charge is -2.63. The summed E-state index contributed by atoms with van der Waals surface area (Å²) in [6.07, 6.45) is 4.16. The van der Waals surface area contributed by atoms with Crippen molar-refractivity contribution in [2.45, 2.75) is 128 Å². The van der Waals surface area contributed by atoms with Gasteiger partial charge in [-0.05, 0) is 107 Å². The Morgan fingerprint density at radius 2 is 0.727 bits per heavy atom. The molecule has 2 aliphatic carbocycles. The minimum Gasteiger partial charge on any atom is -0.449 e. The van der Waals surface area contributed by atoms with Gasteiger partial charge in [0.2, 0.25) is 0 Å². The molecule has 0 aromatic carbocycles. The molecule has 15 heteroatoms. The molecule has 4 unspecified atom stereocenters. The molecule has 0 spiro atoms. The number of carbonyl (C=O) groups is 2. The lowest BCUT2D eigenvalue weighted by Crippen LogP contribution is -2.81. The summed E-state index contributed by atoms with van der Waals surface area (Å²) in [7, 11) is 0. The SMILES string of the molecule is C=C(C)C(=O)OC1C=CC(OCC)(SC2(OCC)C=CC(OC(=O)C(=C)C)C(OCC)(OCC)C2(OCC)OCC)C(OCC)(OCC)C1(OCC)OCC. The van der Waals surface area contributed by atoms with Gasteiger partial charge in [-0.1, -0.05) is 24.9 Å². The molecule has 4 atom stereocenters. The molecule has 0 bridgehead atoms. The van der Waals surface area contributed by atoms with E-state index >= 15 is 0 Å². The number of esters is 2. The molecule has 0 aliphatic heterocycles. The Bertz CT molecular complexity index is 1210. The smallest absolute Gasteiger partial charge is 0.333 e. The minimum absolute atomic E-state index is 0.0621. The number of carbonyl (C=O) groups excluding carboxylic acids is 2. The fourth-order valence-corrected chi connectivity index (χ4v) is 8.87. The van der Waals surface area contributed by atoms with Crippen molar-refractivity contribution in [3.63, 3.8) is 0 Å². The Hall–Kier alpha value is -2.15. The molecule has 0 aromatic heterocycles. The van der Waals surface area contributed by atoms with Crippen LogP contribution in [0.2, 0.25) is 0 Å². The van der Waals surface area contributed by atoms with Gasteiger partial charge in [-0.3, -0.25) is 0 Å². The summed E-state index contributed by atoms with van der Waals surface area (Å²) in [5.74, 6) is -9.47. The van der Waals surface area contributed by atoms with Crippen molar-refractivity contribution in [3.8, 4) is 0 Å². The van der Waals surface area contributed by atoms with Crippen LogP contribution in [0, 0.1) is 0 Å². The molecule has 0 N–H and O–H groups in total. The Balaban J connectivity index is 3.35. The first-order valence-corrected chi connectivity index (χ1v) is 20.2. The van der Waals surface area contributed by atoms with Crippen molar-refractivity contribution >= 4 is 23.7 Å². The van der Waals surface area contributed by atoms with Crippen molar-refractivity contribution < 1.29 is 66.4 Å². The molecule has 2 rings (SSSR count). The quantitative estimate of drug-likeness (QED) is 0.0413. The first-order valence-electron chi connectivity index (χ1n) is 19.4. The van der Waals surface area contributed by atoms with E-state index in [1.54, 1.807) is 93.5 Å². The van der Waals surface area contributed by atoms with E-state index in [0.717, 1.165) is 11.8 Å². The molecule has 316 valence electrons. The van der Waals surface area contributed by atoms with E-state index in [1.165, 1.54) is 0 Å². The normalized spacial score (nSPS) is 26.0. The average molecular weight is 803 g/mol. The van der Waals surface area contributed by atoms with Crippen LogP contribution in [-0.4, -0.2) is 123 Å². The fraction of sp³-hybridized carbons (Fsp3) is 0.750. The van der Waals surface area contributed by atoms with Crippen LogP contribution in [0.4, 0.5) is 0 Å². The van der Waals surface area contributed by atoms with Gasteiger partial charge >= 0.3 is 11.9 Å². The second kappa shape index (κ2) is 21.6. The van der Waals surface area contributed by atoms with Crippen LogP contribution in [-0.2, 0) is 66.4 Å². The van der Waals surface area contributed by atoms with Crippen LogP contribution in [0.25, 0.3) is 0 Å². The maximum absolute atomic E-state index is 13.2. The highest BCUT2D eigenvalue weighted by Crippen LogP contribution is 2.63. The topological polar surface area (TPSA) is 145 Å². The number of rotatable bonds is 26. The van der Waals surface area contributed by atoms with Gasteiger partial charge in [-0.15, -0.1) is 0 Å². The highest BCUT2D eigenvalue weighted by molar-refractivity contribution is 8.02. The van der Waals surface area contributed by atoms with Crippen LogP contribution in [0.1, 0.15) is 83.1 Å². The van der Waals surface area contributed by atoms with Crippen LogP contribution in [0.15, 0.2) is 48.6 Å². The summed E-state index contributed by atoms with van der Waals surface area (Å²) in [6, 6.07) is 0. The molecule has 0 aromatic rings. The van der Waals surface area contributed by atoms with Crippen LogP contribution in [0.5, 0.6) is 0 Å². The van der Waals surface area contributed by atoms with Crippen molar-refractivity contribution in [2.24, 2.45) is 0 Å². The van der Waals surface area contributed by atoms with Crippen molar-refractivity contribution in [2.75, 3.05) is 66.1 Å². The Morgan fingerprint density at radius 3 is 0.945 bits per heavy atom. The van der Waals surface area contributed by atoms with Gasteiger partial charge in [-0.25, -0.2) is 9.59 Å². The summed E-state index contributed by atoms with van der Waals surface area (Å²) in [4.78, 5) is 22.9. The monoisotopic (exact) mass is 802 g/mol. The lowest BCUT2D eigenvalue weighted by molar-refractivity contribution is -0.457. The fourth-order valence-electron chi connectivity index (χ4n) is 6.98. The number of ether oxygens (including phenoxy) is 12. The van der Waals surface area contributed by atoms with E-state index < -0.39 is 57.2 Å². The second-order valence-electron chi connectivity index (χ2n) is 12.3. The van der Waals surface area contributed by atoms with Gasteiger partial charge in [0.15, 0.2) is 22.1 Å². The molecule has 0 amide bonds. The predicted octanol–water partition coefficient (Wildman–Crippen LogP) is 6.38. The molecule has 14 nitrogen and oxygen atoms in total. The summed E-state index contributed by atoms with van der Waals surface area (Å²) in [5.41, 5.74) is 0.325. The van der Waals surface area contributed by atoms with Crippen molar-refractivity contribution in [3.05, 3.63) is 48.6 Å². The first kappa shape index (κ1) is 49.0. The maximum atomic E-state index is 13.2. The Labute approximate surface area is 332 Å². The summed E-state index contributed by atoms with van der Waals surface area (Å²) < 4.78 is 79.4. The molecule has 0 radical (unpaired) electrons. The Kier molecular flexibility index (Phi) is 19.2. The third-order valence-corrected chi connectivity index (χ3v) is 10.2. The molecule has 0 fully saturated rings. The standard InChI is InChI=1S/C40H66O14S/c1-15-43-35(27-25-31(53-33(41)29(11)12)37(45-17-3,46-18-4)39(35,49-21-7)50-22-8)55-36(44-16-2)28-26-32(54-34(42)30(13)14)38(47-19-5,48-20-6)40(36,51-23-9)52-24-10/h25-28,31-32H,11,13,15-24H2,1-10,12,14H3. The first-order chi connectivity index (χ1) is 26.2. The second-order valence-corrected chi connectivity index (χ2v) is 13.7. The van der Waals surface area contributed by atoms with Gasteiger partial charge in [0.05, 0.1) is 0 Å². The summed E-state index contributed by atoms with van der Waals surface area (Å²) in [6.45, 7) is 29.3. The molecule has 2 aliphatic rings. The van der Waals surface area contributed by atoms with E-state index in [4.69, 9.17) is 56.8 Å². The average Bonchev–Trinajstić information content (AvgIpc) is 3.13. The summed E-state index contributed by atoms with van der Waals surface area (Å²) in [5, 5.41) is 0. The summed E-state index contributed by atoms with van der Waals surface area (Å²) >= 11 is 1.07. The lowest BCUT2D eigenvalue weighted by atomic mass is 9.85. The third-order valence-electron chi connectivity index (χ3n) is 8.58. The molecular weight excluding hydrogens is 736 g/mol. The van der Waals surface area contributed by atoms with Crippen LogP contribution < -0.4 is 0 Å². The van der Waals surface area contributed by atoms with Gasteiger partial charge < -0.3 is 56.8 Å². The number of thioether (sulfide) groups is 1. The largest absolute Gasteiger partial charge is 0.449 e.